The molecule has 15 nitrogen and oxygen atoms in total. The number of phosphoric ester groups is 1. The molecule has 1 saturated heterocycles. The number of nitrogens with zero attached hydrogens (tertiary/aromatic N) is 4. The third-order valence-corrected chi connectivity index (χ3v) is 5.57. The summed E-state index contributed by atoms with van der Waals surface area (Å²) in [6.07, 6.45) is -3.29. The van der Waals surface area contributed by atoms with Gasteiger partial charge in [-0.1, -0.05) is 0 Å². The lowest BCUT2D eigenvalue weighted by atomic mass is 10.1. The Kier molecular flexibility index (Phi) is 5.19. The molecule has 0 spiro atoms. The Morgan fingerprint density at radius 3 is 2.67 bits per heavy atom. The molecule has 0 saturated carbocycles. The van der Waals surface area contributed by atoms with Crippen molar-refractivity contribution in [2.45, 2.75) is 24.5 Å². The molecular formula is C10H14N5O10PS. The SMILES string of the molecule is Nc1ncnc2c1ncn2[C@@H]1O[C@@H](COP(=O)(O)OS(=O)(=O)O)[C@H](O)[C@H]1O. The number of hydrogen-bond acceptors (Lipinski definition) is 12. The summed E-state index contributed by atoms with van der Waals surface area (Å²) in [4.78, 5) is 20.9. The van der Waals surface area contributed by atoms with Gasteiger partial charge < -0.3 is 25.6 Å². The average molecular weight is 427 g/mol. The first kappa shape index (κ1) is 20.0. The number of anilines is 1. The van der Waals surface area contributed by atoms with E-state index in [2.05, 4.69) is 23.4 Å². The van der Waals surface area contributed by atoms with Crippen molar-refractivity contribution < 1.29 is 45.9 Å². The van der Waals surface area contributed by atoms with Crippen molar-refractivity contribution in [1.29, 1.82) is 0 Å². The Bertz CT molecular complexity index is 997. The Balaban J connectivity index is 1.76. The van der Waals surface area contributed by atoms with Gasteiger partial charge in [0.2, 0.25) is 0 Å². The summed E-state index contributed by atoms with van der Waals surface area (Å²) in [5, 5.41) is 20.2. The number of phosphoric acid groups is 1. The van der Waals surface area contributed by atoms with E-state index in [9.17, 15) is 28.1 Å². The van der Waals surface area contributed by atoms with E-state index in [1.165, 1.54) is 10.9 Å². The van der Waals surface area contributed by atoms with Crippen LogP contribution in [-0.2, 0) is 28.2 Å². The first-order valence-corrected chi connectivity index (χ1v) is 9.95. The van der Waals surface area contributed by atoms with Gasteiger partial charge in [-0.05, 0) is 0 Å². The van der Waals surface area contributed by atoms with Gasteiger partial charge in [-0.2, -0.15) is 8.42 Å². The predicted molar refractivity (Wildman–Crippen MR) is 84.1 cm³/mol. The first-order chi connectivity index (χ1) is 12.5. The molecule has 0 radical (unpaired) electrons. The number of rotatable bonds is 6. The van der Waals surface area contributed by atoms with Gasteiger partial charge in [0.15, 0.2) is 17.7 Å². The maximum absolute atomic E-state index is 11.4. The Hall–Kier alpha value is -1.75. The van der Waals surface area contributed by atoms with E-state index in [0.717, 1.165) is 6.33 Å². The third kappa shape index (κ3) is 4.23. The molecule has 1 aliphatic rings. The van der Waals surface area contributed by atoms with Gasteiger partial charge in [0, 0.05) is 0 Å². The Labute approximate surface area is 150 Å². The molecule has 2 aromatic rings. The van der Waals surface area contributed by atoms with Crippen LogP contribution < -0.4 is 5.73 Å². The van der Waals surface area contributed by atoms with Crippen LogP contribution in [0.3, 0.4) is 0 Å². The summed E-state index contributed by atoms with van der Waals surface area (Å²) in [6.45, 7) is -0.845. The maximum atomic E-state index is 11.4. The average Bonchev–Trinajstić information content (AvgIpc) is 3.07. The van der Waals surface area contributed by atoms with Crippen molar-refractivity contribution in [3.63, 3.8) is 0 Å². The Morgan fingerprint density at radius 1 is 1.30 bits per heavy atom. The number of aromatic nitrogens is 4. The smallest absolute Gasteiger partial charge is 0.387 e. The lowest BCUT2D eigenvalue weighted by Crippen LogP contribution is -2.33. The van der Waals surface area contributed by atoms with Crippen LogP contribution in [0.15, 0.2) is 12.7 Å². The number of ether oxygens (including phenoxy) is 1. The van der Waals surface area contributed by atoms with Gasteiger partial charge in [-0.25, -0.2) is 19.5 Å². The van der Waals surface area contributed by atoms with Crippen LogP contribution in [0.5, 0.6) is 0 Å². The minimum absolute atomic E-state index is 0.0789. The Morgan fingerprint density at radius 2 is 2.00 bits per heavy atom. The normalized spacial score (nSPS) is 28.4. The van der Waals surface area contributed by atoms with Gasteiger partial charge in [-0.15, -0.1) is 3.97 Å². The summed E-state index contributed by atoms with van der Waals surface area (Å²) in [6, 6.07) is 0. The van der Waals surface area contributed by atoms with Gasteiger partial charge in [0.25, 0.3) is 0 Å². The molecule has 5 atom stereocenters. The van der Waals surface area contributed by atoms with E-state index in [4.69, 9.17) is 15.0 Å². The van der Waals surface area contributed by atoms with Crippen LogP contribution >= 0.6 is 7.82 Å². The first-order valence-electron chi connectivity index (χ1n) is 7.09. The van der Waals surface area contributed by atoms with E-state index >= 15 is 0 Å². The summed E-state index contributed by atoms with van der Waals surface area (Å²) in [5.41, 5.74) is 6.08. The maximum Gasteiger partial charge on any atom is 0.488 e. The van der Waals surface area contributed by atoms with Crippen LogP contribution in [0.1, 0.15) is 6.23 Å². The van der Waals surface area contributed by atoms with Crippen LogP contribution in [0, 0.1) is 0 Å². The van der Waals surface area contributed by atoms with Crippen LogP contribution in [0.25, 0.3) is 11.2 Å². The number of fused-ring (bicyclic) bond motifs is 1. The van der Waals surface area contributed by atoms with E-state index in [1.807, 2.05) is 0 Å². The molecule has 2 aromatic heterocycles. The number of hydrogen-bond donors (Lipinski definition) is 5. The van der Waals surface area contributed by atoms with Crippen LogP contribution in [0.2, 0.25) is 0 Å². The lowest BCUT2D eigenvalue weighted by molar-refractivity contribution is -0.0501. The zero-order valence-corrected chi connectivity index (χ0v) is 14.8. The molecule has 0 bridgehead atoms. The fraction of sp³-hybridized carbons (Fsp3) is 0.500. The predicted octanol–water partition coefficient (Wildman–Crippen LogP) is -2.04. The standard InChI is InChI=1S/C10H14N5O10PS/c11-8-5-9(13-2-12-8)15(3-14-5)10-7(17)6(16)4(24-10)1-23-26(18,19)25-27(20,21)22/h2-4,6-7,10,16-17H,1H2,(H,18,19)(H2,11,12,13)(H,20,21,22)/t4-,6-,7+,10+/m0/s1. The number of aliphatic hydroxyl groups excluding tert-OH is 2. The molecule has 1 unspecified atom stereocenters. The fourth-order valence-corrected chi connectivity index (χ4v) is 3.92. The minimum atomic E-state index is -5.26. The topological polar surface area (TPSA) is 229 Å². The van der Waals surface area contributed by atoms with Crippen molar-refractivity contribution in [2.75, 3.05) is 12.3 Å². The molecular weight excluding hydrogens is 413 g/mol. The highest BCUT2D eigenvalue weighted by Gasteiger charge is 2.45. The summed E-state index contributed by atoms with van der Waals surface area (Å²) >= 11 is 0. The second-order valence-corrected chi connectivity index (χ2v) is 8.04. The van der Waals surface area contributed by atoms with E-state index in [1.54, 1.807) is 0 Å². The van der Waals surface area contributed by atoms with Gasteiger partial charge >= 0.3 is 18.2 Å². The molecule has 1 fully saturated rings. The summed E-state index contributed by atoms with van der Waals surface area (Å²) in [5.74, 6) is 0.0789. The molecule has 150 valence electrons. The van der Waals surface area contributed by atoms with Crippen LogP contribution in [-0.4, -0.2) is 72.5 Å². The third-order valence-electron chi connectivity index (χ3n) is 3.59. The van der Waals surface area contributed by atoms with Gasteiger partial charge in [0.05, 0.1) is 12.9 Å². The molecule has 27 heavy (non-hydrogen) atoms. The van der Waals surface area contributed by atoms with Crippen molar-refractivity contribution >= 4 is 35.2 Å². The largest absolute Gasteiger partial charge is 0.488 e. The van der Waals surface area contributed by atoms with E-state index in [0.29, 0.717) is 0 Å². The summed E-state index contributed by atoms with van der Waals surface area (Å²) in [7, 11) is -10.5. The molecule has 3 rings (SSSR count). The number of aliphatic hydroxyl groups is 2. The van der Waals surface area contributed by atoms with Crippen molar-refractivity contribution in [3.05, 3.63) is 12.7 Å². The zero-order chi connectivity index (χ0) is 20.0. The fourth-order valence-electron chi connectivity index (χ4n) is 2.46. The zero-order valence-electron chi connectivity index (χ0n) is 13.1. The number of nitrogens with two attached hydrogens (primary N) is 1. The highest BCUT2D eigenvalue weighted by Crippen LogP contribution is 2.45. The monoisotopic (exact) mass is 427 g/mol. The molecule has 1 aliphatic heterocycles. The van der Waals surface area contributed by atoms with Crippen molar-refractivity contribution in [2.24, 2.45) is 0 Å². The van der Waals surface area contributed by atoms with Gasteiger partial charge in [-0.3, -0.25) is 13.6 Å². The van der Waals surface area contributed by atoms with Crippen molar-refractivity contribution in [1.82, 2.24) is 19.5 Å². The molecule has 0 aromatic carbocycles. The molecule has 0 amide bonds. The van der Waals surface area contributed by atoms with Gasteiger partial charge in [0.1, 0.15) is 30.2 Å². The summed E-state index contributed by atoms with van der Waals surface area (Å²) < 4.78 is 55.3. The molecule has 0 aliphatic carbocycles. The number of nitrogen functional groups attached to an aromatic ring is 1. The minimum Gasteiger partial charge on any atom is -0.387 e. The van der Waals surface area contributed by atoms with E-state index < -0.39 is 49.4 Å². The lowest BCUT2D eigenvalue weighted by Gasteiger charge is -2.16. The molecule has 17 heteroatoms. The second-order valence-electron chi connectivity index (χ2n) is 5.40. The highest BCUT2D eigenvalue weighted by atomic mass is 32.3. The quantitative estimate of drug-likeness (QED) is 0.247. The molecule has 3 heterocycles. The van der Waals surface area contributed by atoms with Crippen LogP contribution in [0.4, 0.5) is 5.82 Å². The second kappa shape index (κ2) is 7.01. The molecule has 6 N–H and O–H groups in total. The van der Waals surface area contributed by atoms with E-state index in [-0.39, 0.29) is 17.0 Å². The number of imidazole rings is 1. The van der Waals surface area contributed by atoms with Crippen molar-refractivity contribution in [3.8, 4) is 0 Å². The highest BCUT2D eigenvalue weighted by molar-refractivity contribution is 7.85.